The van der Waals surface area contributed by atoms with Crippen molar-refractivity contribution in [3.8, 4) is 0 Å². The maximum Gasteiger partial charge on any atom is 0.416 e. The Morgan fingerprint density at radius 3 is 2.10 bits per heavy atom. The van der Waals surface area contributed by atoms with E-state index in [0.717, 1.165) is 36.3 Å². The molecule has 0 aromatic heterocycles. The fourth-order valence-electron chi connectivity index (χ4n) is 3.49. The molecule has 2 aromatic rings. The molecule has 1 aliphatic rings. The maximum absolute atomic E-state index is 13.0. The molecule has 0 aliphatic carbocycles. The average molecular weight is 423 g/mol. The normalized spacial score (nSPS) is 17.0. The van der Waals surface area contributed by atoms with Crippen molar-refractivity contribution in [1.82, 2.24) is 15.1 Å². The lowest BCUT2D eigenvalue weighted by Gasteiger charge is -2.34. The molecule has 0 spiro atoms. The third-order valence-corrected chi connectivity index (χ3v) is 5.27. The van der Waals surface area contributed by atoms with Crippen LogP contribution in [0.1, 0.15) is 29.7 Å². The molecule has 1 amide bonds. The van der Waals surface area contributed by atoms with Crippen molar-refractivity contribution in [3.63, 3.8) is 0 Å². The minimum absolute atomic E-state index is 0.0944. The zero-order chi connectivity index (χ0) is 21.7. The smallest absolute Gasteiger partial charge is 0.348 e. The van der Waals surface area contributed by atoms with E-state index in [-0.39, 0.29) is 24.3 Å². The fourth-order valence-corrected chi connectivity index (χ4v) is 3.49. The SMILES string of the molecule is CC(NC(=O)CN1CCN(Cc2ccc(C(F)(F)F)cc2)CC1)c1ccc(F)cc1. The van der Waals surface area contributed by atoms with Crippen molar-refractivity contribution in [2.75, 3.05) is 32.7 Å². The lowest BCUT2D eigenvalue weighted by atomic mass is 10.1. The third-order valence-electron chi connectivity index (χ3n) is 5.27. The first-order valence-corrected chi connectivity index (χ1v) is 9.86. The highest BCUT2D eigenvalue weighted by molar-refractivity contribution is 5.78. The van der Waals surface area contributed by atoms with Gasteiger partial charge in [0.25, 0.3) is 0 Å². The molecule has 4 nitrogen and oxygen atoms in total. The van der Waals surface area contributed by atoms with Gasteiger partial charge in [0.15, 0.2) is 0 Å². The van der Waals surface area contributed by atoms with Gasteiger partial charge >= 0.3 is 6.18 Å². The van der Waals surface area contributed by atoms with Gasteiger partial charge < -0.3 is 5.32 Å². The Balaban J connectivity index is 1.41. The summed E-state index contributed by atoms with van der Waals surface area (Å²) < 4.78 is 51.0. The molecule has 1 fully saturated rings. The van der Waals surface area contributed by atoms with Crippen LogP contribution in [0.5, 0.6) is 0 Å². The summed E-state index contributed by atoms with van der Waals surface area (Å²) >= 11 is 0. The molecular formula is C22H25F4N3O. The van der Waals surface area contributed by atoms with Gasteiger partial charge in [0, 0.05) is 32.7 Å². The molecule has 3 rings (SSSR count). The quantitative estimate of drug-likeness (QED) is 0.718. The highest BCUT2D eigenvalue weighted by atomic mass is 19.4. The van der Waals surface area contributed by atoms with Crippen LogP contribution in [0.25, 0.3) is 0 Å². The van der Waals surface area contributed by atoms with E-state index < -0.39 is 11.7 Å². The first-order chi connectivity index (χ1) is 14.2. The zero-order valence-corrected chi connectivity index (χ0v) is 16.8. The maximum atomic E-state index is 13.0. The van der Waals surface area contributed by atoms with Crippen molar-refractivity contribution in [2.45, 2.75) is 25.7 Å². The number of benzene rings is 2. The number of alkyl halides is 3. The molecule has 1 atom stereocenters. The summed E-state index contributed by atoms with van der Waals surface area (Å²) in [6, 6.07) is 11.1. The van der Waals surface area contributed by atoms with E-state index >= 15 is 0 Å². The van der Waals surface area contributed by atoms with Crippen LogP contribution in [-0.2, 0) is 17.5 Å². The van der Waals surface area contributed by atoms with Crippen LogP contribution in [0.2, 0.25) is 0 Å². The summed E-state index contributed by atoms with van der Waals surface area (Å²) in [4.78, 5) is 16.5. The van der Waals surface area contributed by atoms with Crippen molar-refractivity contribution >= 4 is 5.91 Å². The van der Waals surface area contributed by atoms with Gasteiger partial charge in [-0.3, -0.25) is 14.6 Å². The Morgan fingerprint density at radius 1 is 0.967 bits per heavy atom. The molecule has 2 aromatic carbocycles. The summed E-state index contributed by atoms with van der Waals surface area (Å²) in [5, 5.41) is 2.92. The van der Waals surface area contributed by atoms with E-state index in [1.165, 1.54) is 24.3 Å². The van der Waals surface area contributed by atoms with Crippen LogP contribution in [0.15, 0.2) is 48.5 Å². The number of carbonyl (C=O) groups excluding carboxylic acids is 1. The van der Waals surface area contributed by atoms with E-state index in [2.05, 4.69) is 15.1 Å². The van der Waals surface area contributed by atoms with Crippen LogP contribution in [0.4, 0.5) is 17.6 Å². The first kappa shape index (κ1) is 22.2. The number of amides is 1. The lowest BCUT2D eigenvalue weighted by Crippen LogP contribution is -2.49. The van der Waals surface area contributed by atoms with Crippen molar-refractivity contribution in [3.05, 3.63) is 71.0 Å². The van der Waals surface area contributed by atoms with Crippen molar-refractivity contribution in [2.24, 2.45) is 0 Å². The molecule has 30 heavy (non-hydrogen) atoms. The molecule has 162 valence electrons. The van der Waals surface area contributed by atoms with E-state index in [1.807, 2.05) is 6.92 Å². The largest absolute Gasteiger partial charge is 0.416 e. The van der Waals surface area contributed by atoms with Crippen molar-refractivity contribution < 1.29 is 22.4 Å². The molecule has 1 aliphatic heterocycles. The molecule has 0 radical (unpaired) electrons. The van der Waals surface area contributed by atoms with E-state index in [4.69, 9.17) is 0 Å². The predicted octanol–water partition coefficient (Wildman–Crippen LogP) is 3.84. The second-order valence-corrected chi connectivity index (χ2v) is 7.59. The molecule has 1 N–H and O–H groups in total. The highest BCUT2D eigenvalue weighted by Gasteiger charge is 2.30. The Morgan fingerprint density at radius 2 is 1.53 bits per heavy atom. The standard InChI is InChI=1S/C22H25F4N3O/c1-16(18-4-8-20(23)9-5-18)27-21(30)15-29-12-10-28(11-13-29)14-17-2-6-19(7-3-17)22(24,25)26/h2-9,16H,10-15H2,1H3,(H,27,30). The summed E-state index contributed by atoms with van der Waals surface area (Å²) in [6.45, 7) is 5.61. The number of nitrogens with zero attached hydrogens (tertiary/aromatic N) is 2. The summed E-state index contributed by atoms with van der Waals surface area (Å²) in [5.41, 5.74) is 1.03. The summed E-state index contributed by atoms with van der Waals surface area (Å²) in [7, 11) is 0. The molecule has 1 heterocycles. The van der Waals surface area contributed by atoms with Gasteiger partial charge in [-0.15, -0.1) is 0 Å². The first-order valence-electron chi connectivity index (χ1n) is 9.86. The second kappa shape index (κ2) is 9.57. The van der Waals surface area contributed by atoms with Crippen LogP contribution in [0, 0.1) is 5.82 Å². The van der Waals surface area contributed by atoms with Gasteiger partial charge in [0.2, 0.25) is 5.91 Å². The second-order valence-electron chi connectivity index (χ2n) is 7.59. The summed E-state index contributed by atoms with van der Waals surface area (Å²) in [6.07, 6.45) is -4.32. The number of halogens is 4. The van der Waals surface area contributed by atoms with Crippen molar-refractivity contribution in [1.29, 1.82) is 0 Å². The number of rotatable bonds is 6. The van der Waals surface area contributed by atoms with Crippen LogP contribution in [-0.4, -0.2) is 48.4 Å². The average Bonchev–Trinajstić information content (AvgIpc) is 2.69. The van der Waals surface area contributed by atoms with E-state index in [0.29, 0.717) is 19.6 Å². The predicted molar refractivity (Wildman–Crippen MR) is 106 cm³/mol. The lowest BCUT2D eigenvalue weighted by molar-refractivity contribution is -0.137. The third kappa shape index (κ3) is 6.27. The Hall–Kier alpha value is -2.45. The number of hydrogen-bond donors (Lipinski definition) is 1. The molecule has 0 bridgehead atoms. The fraction of sp³-hybridized carbons (Fsp3) is 0.409. The minimum Gasteiger partial charge on any atom is -0.348 e. The monoisotopic (exact) mass is 423 g/mol. The summed E-state index contributed by atoms with van der Waals surface area (Å²) in [5.74, 6) is -0.408. The Kier molecular flexibility index (Phi) is 7.10. The number of nitrogens with one attached hydrogen (secondary N) is 1. The zero-order valence-electron chi connectivity index (χ0n) is 16.8. The number of hydrogen-bond acceptors (Lipinski definition) is 3. The van der Waals surface area contributed by atoms with Crippen LogP contribution < -0.4 is 5.32 Å². The molecular weight excluding hydrogens is 398 g/mol. The van der Waals surface area contributed by atoms with Gasteiger partial charge in [-0.05, 0) is 42.3 Å². The molecule has 1 unspecified atom stereocenters. The topological polar surface area (TPSA) is 35.6 Å². The van der Waals surface area contributed by atoms with Gasteiger partial charge in [0.1, 0.15) is 5.82 Å². The van der Waals surface area contributed by atoms with Gasteiger partial charge in [-0.2, -0.15) is 13.2 Å². The van der Waals surface area contributed by atoms with Crippen LogP contribution >= 0.6 is 0 Å². The van der Waals surface area contributed by atoms with Crippen LogP contribution in [0.3, 0.4) is 0 Å². The minimum atomic E-state index is -4.32. The molecule has 0 saturated carbocycles. The van der Waals surface area contributed by atoms with Gasteiger partial charge in [0.05, 0.1) is 18.2 Å². The molecule has 1 saturated heterocycles. The Labute approximate surface area is 173 Å². The van der Waals surface area contributed by atoms with E-state index in [1.54, 1.807) is 12.1 Å². The number of piperazine rings is 1. The highest BCUT2D eigenvalue weighted by Crippen LogP contribution is 2.29. The van der Waals surface area contributed by atoms with Gasteiger partial charge in [-0.25, -0.2) is 4.39 Å². The van der Waals surface area contributed by atoms with Gasteiger partial charge in [-0.1, -0.05) is 24.3 Å². The Bertz CT molecular complexity index is 829. The number of carbonyl (C=O) groups is 1. The van der Waals surface area contributed by atoms with E-state index in [9.17, 15) is 22.4 Å². The molecule has 8 heteroatoms.